The summed E-state index contributed by atoms with van der Waals surface area (Å²) in [5.41, 5.74) is 2.81. The van der Waals surface area contributed by atoms with Crippen LogP contribution in [0.25, 0.3) is 0 Å². The Balaban J connectivity index is 1.50. The number of carbonyl (C=O) groups excluding carboxylic acids is 1. The van der Waals surface area contributed by atoms with Crippen molar-refractivity contribution in [2.24, 2.45) is 12.5 Å². The number of rotatable bonds is 3. The van der Waals surface area contributed by atoms with Gasteiger partial charge in [0, 0.05) is 20.1 Å². The van der Waals surface area contributed by atoms with Gasteiger partial charge < -0.3 is 14.4 Å². The molecule has 6 heteroatoms. The number of nitrogens with zero attached hydrogens (tertiary/aromatic N) is 3. The molecule has 0 N–H and O–H groups in total. The zero-order valence-electron chi connectivity index (χ0n) is 15.6. The summed E-state index contributed by atoms with van der Waals surface area (Å²) in [6.45, 7) is 6.04. The maximum Gasteiger partial charge on any atom is 0.272 e. The summed E-state index contributed by atoms with van der Waals surface area (Å²) in [5, 5.41) is 4.31. The molecule has 1 aromatic heterocycles. The van der Waals surface area contributed by atoms with Gasteiger partial charge in [-0.2, -0.15) is 5.10 Å². The number of benzene rings is 1. The largest absolute Gasteiger partial charge is 0.454 e. The Kier molecular flexibility index (Phi) is 4.13. The number of likely N-dealkylation sites (tertiary alicyclic amines) is 1. The molecule has 0 spiro atoms. The first-order chi connectivity index (χ1) is 12.4. The van der Waals surface area contributed by atoms with Gasteiger partial charge >= 0.3 is 0 Å². The molecule has 2 aliphatic heterocycles. The first-order valence-electron chi connectivity index (χ1n) is 9.12. The molecule has 2 aromatic rings. The van der Waals surface area contributed by atoms with Gasteiger partial charge in [-0.25, -0.2) is 0 Å². The van der Waals surface area contributed by atoms with Crippen molar-refractivity contribution in [3.05, 3.63) is 41.2 Å². The second kappa shape index (κ2) is 6.34. The van der Waals surface area contributed by atoms with Crippen LogP contribution in [0.3, 0.4) is 0 Å². The molecule has 0 radical (unpaired) electrons. The van der Waals surface area contributed by atoms with Crippen LogP contribution >= 0.6 is 0 Å². The third kappa shape index (κ3) is 3.16. The molecule has 1 saturated heterocycles. The highest BCUT2D eigenvalue weighted by Gasteiger charge is 2.34. The van der Waals surface area contributed by atoms with Gasteiger partial charge in [-0.05, 0) is 55.4 Å². The van der Waals surface area contributed by atoms with Gasteiger partial charge in [0.2, 0.25) is 6.79 Å². The maximum atomic E-state index is 13.0. The lowest BCUT2D eigenvalue weighted by Crippen LogP contribution is -2.46. The first kappa shape index (κ1) is 16.9. The summed E-state index contributed by atoms with van der Waals surface area (Å²) >= 11 is 0. The average Bonchev–Trinajstić information content (AvgIpc) is 3.19. The van der Waals surface area contributed by atoms with E-state index in [9.17, 15) is 4.79 Å². The topological polar surface area (TPSA) is 56.6 Å². The minimum absolute atomic E-state index is 0.0508. The Morgan fingerprint density at radius 1 is 1.27 bits per heavy atom. The van der Waals surface area contributed by atoms with E-state index in [-0.39, 0.29) is 11.3 Å². The van der Waals surface area contributed by atoms with E-state index < -0.39 is 0 Å². The molecular weight excluding hydrogens is 330 g/mol. The van der Waals surface area contributed by atoms with E-state index in [2.05, 4.69) is 24.2 Å². The Morgan fingerprint density at radius 3 is 2.85 bits per heavy atom. The minimum Gasteiger partial charge on any atom is -0.454 e. The number of aromatic nitrogens is 2. The normalized spacial score (nSPS) is 21.9. The van der Waals surface area contributed by atoms with E-state index >= 15 is 0 Å². The number of carbonyl (C=O) groups is 1. The maximum absolute atomic E-state index is 13.0. The van der Waals surface area contributed by atoms with Crippen molar-refractivity contribution < 1.29 is 14.3 Å². The summed E-state index contributed by atoms with van der Waals surface area (Å²) in [5.74, 6) is 1.70. The van der Waals surface area contributed by atoms with Crippen molar-refractivity contribution in [3.63, 3.8) is 0 Å². The molecule has 1 atom stereocenters. The van der Waals surface area contributed by atoms with E-state index in [1.54, 1.807) is 4.68 Å². The minimum atomic E-state index is 0.0508. The Morgan fingerprint density at radius 2 is 2.08 bits per heavy atom. The highest BCUT2D eigenvalue weighted by molar-refractivity contribution is 5.92. The summed E-state index contributed by atoms with van der Waals surface area (Å²) in [6, 6.07) is 8.01. The number of fused-ring (bicyclic) bond motifs is 1. The Hall–Kier alpha value is -2.50. The molecule has 4 rings (SSSR count). The number of hydrogen-bond acceptors (Lipinski definition) is 4. The smallest absolute Gasteiger partial charge is 0.272 e. The van der Waals surface area contributed by atoms with Gasteiger partial charge in [0.1, 0.15) is 5.69 Å². The Bertz CT molecular complexity index is 845. The molecule has 1 aromatic carbocycles. The highest BCUT2D eigenvalue weighted by Crippen LogP contribution is 2.37. The summed E-state index contributed by atoms with van der Waals surface area (Å²) in [7, 11) is 1.83. The van der Waals surface area contributed by atoms with Gasteiger partial charge in [0.25, 0.3) is 5.91 Å². The van der Waals surface area contributed by atoms with E-state index in [1.807, 2.05) is 31.0 Å². The van der Waals surface area contributed by atoms with Crippen LogP contribution in [0.15, 0.2) is 24.3 Å². The quantitative estimate of drug-likeness (QED) is 0.849. The average molecular weight is 355 g/mol. The third-order valence-corrected chi connectivity index (χ3v) is 5.36. The number of piperidine rings is 1. The van der Waals surface area contributed by atoms with Crippen LogP contribution in [-0.2, 0) is 13.5 Å². The summed E-state index contributed by atoms with van der Waals surface area (Å²) < 4.78 is 12.6. The van der Waals surface area contributed by atoms with Crippen molar-refractivity contribution in [1.29, 1.82) is 0 Å². The number of hydrogen-bond donors (Lipinski definition) is 0. The molecule has 6 nitrogen and oxygen atoms in total. The standard InChI is InChI=1S/C20H25N3O3/c1-14-9-16(22(3)21-14)19(24)23-8-4-7-20(2,12-23)11-15-5-6-17-18(10-15)26-13-25-17/h5-6,9-10H,4,7-8,11-13H2,1-3H3. The number of aryl methyl sites for hydroxylation is 2. The lowest BCUT2D eigenvalue weighted by atomic mass is 9.77. The van der Waals surface area contributed by atoms with Crippen molar-refractivity contribution in [3.8, 4) is 11.5 Å². The van der Waals surface area contributed by atoms with Crippen LogP contribution in [0.4, 0.5) is 0 Å². The fourth-order valence-electron chi connectivity index (χ4n) is 4.15. The molecule has 1 unspecified atom stereocenters. The molecular formula is C20H25N3O3. The van der Waals surface area contributed by atoms with Gasteiger partial charge in [-0.1, -0.05) is 13.0 Å². The van der Waals surface area contributed by atoms with Gasteiger partial charge in [0.15, 0.2) is 11.5 Å². The predicted octanol–water partition coefficient (Wildman–Crippen LogP) is 2.94. The zero-order chi connectivity index (χ0) is 18.3. The van der Waals surface area contributed by atoms with E-state index in [4.69, 9.17) is 9.47 Å². The van der Waals surface area contributed by atoms with Crippen molar-refractivity contribution in [2.45, 2.75) is 33.1 Å². The van der Waals surface area contributed by atoms with Crippen LogP contribution in [0.1, 0.15) is 41.5 Å². The Labute approximate surface area is 153 Å². The van der Waals surface area contributed by atoms with Crippen molar-refractivity contribution in [2.75, 3.05) is 19.9 Å². The second-order valence-electron chi connectivity index (χ2n) is 7.80. The van der Waals surface area contributed by atoms with Crippen LogP contribution < -0.4 is 9.47 Å². The molecule has 1 amide bonds. The highest BCUT2D eigenvalue weighted by atomic mass is 16.7. The van der Waals surface area contributed by atoms with Crippen LogP contribution in [-0.4, -0.2) is 40.5 Å². The van der Waals surface area contributed by atoms with E-state index in [0.29, 0.717) is 12.5 Å². The second-order valence-corrected chi connectivity index (χ2v) is 7.80. The number of ether oxygens (including phenoxy) is 2. The fraction of sp³-hybridized carbons (Fsp3) is 0.500. The van der Waals surface area contributed by atoms with Gasteiger partial charge in [0.05, 0.1) is 5.69 Å². The van der Waals surface area contributed by atoms with E-state index in [1.165, 1.54) is 5.56 Å². The summed E-state index contributed by atoms with van der Waals surface area (Å²) in [6.07, 6.45) is 3.04. The molecule has 0 saturated carbocycles. The molecule has 3 heterocycles. The van der Waals surface area contributed by atoms with E-state index in [0.717, 1.165) is 49.5 Å². The SMILES string of the molecule is Cc1cc(C(=O)N2CCCC(C)(Cc3ccc4c(c3)OCO4)C2)n(C)n1. The van der Waals surface area contributed by atoms with Crippen LogP contribution in [0.2, 0.25) is 0 Å². The molecule has 0 bridgehead atoms. The molecule has 2 aliphatic rings. The van der Waals surface area contributed by atoms with Gasteiger partial charge in [-0.3, -0.25) is 9.48 Å². The molecule has 1 fully saturated rings. The molecule has 26 heavy (non-hydrogen) atoms. The summed E-state index contributed by atoms with van der Waals surface area (Å²) in [4.78, 5) is 14.9. The monoisotopic (exact) mass is 355 g/mol. The number of amides is 1. The van der Waals surface area contributed by atoms with Crippen LogP contribution in [0, 0.1) is 12.3 Å². The van der Waals surface area contributed by atoms with Crippen molar-refractivity contribution in [1.82, 2.24) is 14.7 Å². The van der Waals surface area contributed by atoms with Crippen LogP contribution in [0.5, 0.6) is 11.5 Å². The van der Waals surface area contributed by atoms with Gasteiger partial charge in [-0.15, -0.1) is 0 Å². The third-order valence-electron chi connectivity index (χ3n) is 5.36. The predicted molar refractivity (Wildman–Crippen MR) is 97.5 cm³/mol. The zero-order valence-corrected chi connectivity index (χ0v) is 15.6. The lowest BCUT2D eigenvalue weighted by Gasteiger charge is -2.40. The molecule has 138 valence electrons. The fourth-order valence-corrected chi connectivity index (χ4v) is 4.15. The molecule has 0 aliphatic carbocycles. The first-order valence-corrected chi connectivity index (χ1v) is 9.12. The lowest BCUT2D eigenvalue weighted by molar-refractivity contribution is 0.0540. The van der Waals surface area contributed by atoms with Crippen molar-refractivity contribution >= 4 is 5.91 Å².